The first-order valence-corrected chi connectivity index (χ1v) is 5.85. The van der Waals surface area contributed by atoms with Crippen LogP contribution < -0.4 is 5.32 Å². The summed E-state index contributed by atoms with van der Waals surface area (Å²) in [5.74, 6) is -1.57. The standard InChI is InChI=1S/C11H15NO3S/c1-7(11(14)15)6-12-10(13)5-9-4-3-8(2)16-9/h3-4,7H,5-6H2,1-2H3,(H,12,13)(H,14,15). The van der Waals surface area contributed by atoms with Crippen LogP contribution in [0.3, 0.4) is 0 Å². The maximum atomic E-state index is 11.5. The van der Waals surface area contributed by atoms with Gasteiger partial charge in [-0.2, -0.15) is 0 Å². The Hall–Kier alpha value is -1.36. The van der Waals surface area contributed by atoms with Gasteiger partial charge in [0.25, 0.3) is 0 Å². The van der Waals surface area contributed by atoms with E-state index in [0.29, 0.717) is 6.42 Å². The second-order valence-electron chi connectivity index (χ2n) is 3.73. The number of aliphatic carboxylic acids is 1. The number of rotatable bonds is 5. The zero-order chi connectivity index (χ0) is 12.1. The van der Waals surface area contributed by atoms with Crippen molar-refractivity contribution in [3.8, 4) is 0 Å². The molecule has 4 nitrogen and oxygen atoms in total. The Labute approximate surface area is 98.3 Å². The highest BCUT2D eigenvalue weighted by molar-refractivity contribution is 7.12. The van der Waals surface area contributed by atoms with Gasteiger partial charge in [0.1, 0.15) is 0 Å². The number of aryl methyl sites for hydroxylation is 1. The molecule has 1 heterocycles. The third-order valence-corrected chi connectivity index (χ3v) is 3.16. The first-order chi connectivity index (χ1) is 7.49. The number of carbonyl (C=O) groups is 2. The van der Waals surface area contributed by atoms with Crippen LogP contribution in [0.15, 0.2) is 12.1 Å². The van der Waals surface area contributed by atoms with Crippen molar-refractivity contribution in [1.82, 2.24) is 5.32 Å². The highest BCUT2D eigenvalue weighted by Gasteiger charge is 2.12. The predicted octanol–water partition coefficient (Wildman–Crippen LogP) is 1.44. The van der Waals surface area contributed by atoms with Crippen LogP contribution in [0.2, 0.25) is 0 Å². The van der Waals surface area contributed by atoms with Crippen LogP contribution in [0.4, 0.5) is 0 Å². The minimum Gasteiger partial charge on any atom is -0.481 e. The molecule has 88 valence electrons. The van der Waals surface area contributed by atoms with Gasteiger partial charge < -0.3 is 10.4 Å². The van der Waals surface area contributed by atoms with E-state index in [0.717, 1.165) is 4.88 Å². The molecule has 0 aliphatic heterocycles. The summed E-state index contributed by atoms with van der Waals surface area (Å²) < 4.78 is 0. The molecular formula is C11H15NO3S. The van der Waals surface area contributed by atoms with Crippen molar-refractivity contribution in [3.63, 3.8) is 0 Å². The van der Waals surface area contributed by atoms with Gasteiger partial charge in [-0.25, -0.2) is 0 Å². The van der Waals surface area contributed by atoms with Crippen LogP contribution in [0.5, 0.6) is 0 Å². The van der Waals surface area contributed by atoms with E-state index in [4.69, 9.17) is 5.11 Å². The van der Waals surface area contributed by atoms with E-state index < -0.39 is 11.9 Å². The van der Waals surface area contributed by atoms with E-state index in [9.17, 15) is 9.59 Å². The molecule has 0 saturated heterocycles. The SMILES string of the molecule is Cc1ccc(CC(=O)NCC(C)C(=O)O)s1. The summed E-state index contributed by atoms with van der Waals surface area (Å²) in [5, 5.41) is 11.2. The molecule has 0 aromatic carbocycles. The van der Waals surface area contributed by atoms with Gasteiger partial charge in [0.15, 0.2) is 0 Å². The molecule has 1 atom stereocenters. The number of hydrogen-bond acceptors (Lipinski definition) is 3. The maximum Gasteiger partial charge on any atom is 0.308 e. The van der Waals surface area contributed by atoms with Gasteiger partial charge >= 0.3 is 5.97 Å². The molecule has 0 radical (unpaired) electrons. The predicted molar refractivity (Wildman–Crippen MR) is 62.6 cm³/mol. The Kier molecular flexibility index (Phi) is 4.49. The van der Waals surface area contributed by atoms with Gasteiger partial charge in [-0.05, 0) is 19.1 Å². The summed E-state index contributed by atoms with van der Waals surface area (Å²) in [6, 6.07) is 3.88. The van der Waals surface area contributed by atoms with Crippen molar-refractivity contribution in [3.05, 3.63) is 21.9 Å². The van der Waals surface area contributed by atoms with Gasteiger partial charge in [-0.1, -0.05) is 6.92 Å². The number of thiophene rings is 1. The van der Waals surface area contributed by atoms with Gasteiger partial charge in [0.2, 0.25) is 5.91 Å². The maximum absolute atomic E-state index is 11.5. The Bertz CT molecular complexity index is 386. The van der Waals surface area contributed by atoms with Crippen LogP contribution in [0, 0.1) is 12.8 Å². The number of hydrogen-bond donors (Lipinski definition) is 2. The van der Waals surface area contributed by atoms with Gasteiger partial charge in [-0.15, -0.1) is 11.3 Å². The van der Waals surface area contributed by atoms with Crippen LogP contribution in [0.25, 0.3) is 0 Å². The fourth-order valence-corrected chi connectivity index (χ4v) is 2.04. The fourth-order valence-electron chi connectivity index (χ4n) is 1.16. The van der Waals surface area contributed by atoms with E-state index in [1.807, 2.05) is 19.1 Å². The van der Waals surface area contributed by atoms with E-state index in [1.54, 1.807) is 18.3 Å². The van der Waals surface area contributed by atoms with Crippen LogP contribution in [0.1, 0.15) is 16.7 Å². The zero-order valence-electron chi connectivity index (χ0n) is 9.32. The Balaban J connectivity index is 2.34. The summed E-state index contributed by atoms with van der Waals surface area (Å²) >= 11 is 1.58. The van der Waals surface area contributed by atoms with Crippen molar-refractivity contribution in [2.75, 3.05) is 6.54 Å². The lowest BCUT2D eigenvalue weighted by molar-refractivity contribution is -0.141. The Morgan fingerprint density at radius 1 is 1.50 bits per heavy atom. The topological polar surface area (TPSA) is 66.4 Å². The first kappa shape index (κ1) is 12.7. The van der Waals surface area contributed by atoms with E-state index in [1.165, 1.54) is 4.88 Å². The molecule has 5 heteroatoms. The van der Waals surface area contributed by atoms with Gasteiger partial charge in [0.05, 0.1) is 12.3 Å². The molecule has 0 bridgehead atoms. The minimum atomic E-state index is -0.896. The number of carbonyl (C=O) groups excluding carboxylic acids is 1. The number of nitrogens with one attached hydrogen (secondary N) is 1. The average molecular weight is 241 g/mol. The summed E-state index contributed by atoms with van der Waals surface area (Å²) in [5.41, 5.74) is 0. The molecule has 1 rings (SSSR count). The van der Waals surface area contributed by atoms with Crippen LogP contribution >= 0.6 is 11.3 Å². The Morgan fingerprint density at radius 2 is 2.19 bits per heavy atom. The lowest BCUT2D eigenvalue weighted by Crippen LogP contribution is -2.32. The van der Waals surface area contributed by atoms with E-state index >= 15 is 0 Å². The molecule has 0 aliphatic rings. The van der Waals surface area contributed by atoms with E-state index in [2.05, 4.69) is 5.32 Å². The van der Waals surface area contributed by atoms with Crippen molar-refractivity contribution < 1.29 is 14.7 Å². The Morgan fingerprint density at radius 3 is 2.69 bits per heavy atom. The second-order valence-corrected chi connectivity index (χ2v) is 5.10. The summed E-state index contributed by atoms with van der Waals surface area (Å²) in [4.78, 5) is 24.1. The van der Waals surface area contributed by atoms with Crippen LogP contribution in [-0.4, -0.2) is 23.5 Å². The third kappa shape index (κ3) is 4.02. The molecule has 1 aromatic heterocycles. The van der Waals surface area contributed by atoms with Crippen molar-refractivity contribution in [1.29, 1.82) is 0 Å². The van der Waals surface area contributed by atoms with Crippen molar-refractivity contribution in [2.24, 2.45) is 5.92 Å². The second kappa shape index (κ2) is 5.65. The number of amides is 1. The molecule has 16 heavy (non-hydrogen) atoms. The molecule has 1 amide bonds. The lowest BCUT2D eigenvalue weighted by atomic mass is 10.2. The summed E-state index contributed by atoms with van der Waals surface area (Å²) in [6.45, 7) is 3.73. The van der Waals surface area contributed by atoms with Crippen molar-refractivity contribution >= 4 is 23.2 Å². The highest BCUT2D eigenvalue weighted by Crippen LogP contribution is 2.15. The molecule has 0 saturated carbocycles. The monoisotopic (exact) mass is 241 g/mol. The molecule has 2 N–H and O–H groups in total. The van der Waals surface area contributed by atoms with Gasteiger partial charge in [0, 0.05) is 16.3 Å². The third-order valence-electron chi connectivity index (χ3n) is 2.16. The molecule has 1 aromatic rings. The quantitative estimate of drug-likeness (QED) is 0.819. The van der Waals surface area contributed by atoms with E-state index in [-0.39, 0.29) is 12.5 Å². The normalized spacial score (nSPS) is 12.1. The largest absolute Gasteiger partial charge is 0.481 e. The molecular weight excluding hydrogens is 226 g/mol. The highest BCUT2D eigenvalue weighted by atomic mass is 32.1. The van der Waals surface area contributed by atoms with Gasteiger partial charge in [-0.3, -0.25) is 9.59 Å². The molecule has 0 spiro atoms. The summed E-state index contributed by atoms with van der Waals surface area (Å²) in [6.07, 6.45) is 0.324. The fraction of sp³-hybridized carbons (Fsp3) is 0.455. The molecule has 0 fully saturated rings. The zero-order valence-corrected chi connectivity index (χ0v) is 10.1. The smallest absolute Gasteiger partial charge is 0.308 e. The number of carboxylic acid groups (broad SMARTS) is 1. The summed E-state index contributed by atoms with van der Waals surface area (Å²) in [7, 11) is 0. The molecule has 1 unspecified atom stereocenters. The number of carboxylic acids is 1. The van der Waals surface area contributed by atoms with Crippen molar-refractivity contribution in [2.45, 2.75) is 20.3 Å². The minimum absolute atomic E-state index is 0.130. The van der Waals surface area contributed by atoms with Crippen LogP contribution in [-0.2, 0) is 16.0 Å². The molecule has 0 aliphatic carbocycles. The lowest BCUT2D eigenvalue weighted by Gasteiger charge is -2.07. The first-order valence-electron chi connectivity index (χ1n) is 5.04. The average Bonchev–Trinajstić information content (AvgIpc) is 2.60.